The Kier molecular flexibility index (Phi) is 10.1. The standard InChI is InChI=1S/C21H35F2N5O2/c1-5-24-21(25-14-16(3)28-11-9-27(6-2)10-12-28)26-15-17-13-18(29-4)7-8-19(17)30-20(22)23/h7-8,13,16,20H,5-6,9-12,14-15H2,1-4H3,(H2,24,25,26). The third-order valence-corrected chi connectivity index (χ3v) is 5.28. The van der Waals surface area contributed by atoms with Crippen LogP contribution in [0.15, 0.2) is 23.2 Å². The number of aliphatic imine (C=N–C) groups is 1. The lowest BCUT2D eigenvalue weighted by molar-refractivity contribution is -0.0504. The minimum atomic E-state index is -2.89. The highest BCUT2D eigenvalue weighted by molar-refractivity contribution is 5.79. The first-order chi connectivity index (χ1) is 14.5. The van der Waals surface area contributed by atoms with Gasteiger partial charge in [-0.25, -0.2) is 4.99 Å². The second-order valence-corrected chi connectivity index (χ2v) is 7.25. The zero-order chi connectivity index (χ0) is 21.9. The van der Waals surface area contributed by atoms with Crippen LogP contribution in [-0.4, -0.2) is 81.3 Å². The topological polar surface area (TPSA) is 61.4 Å². The van der Waals surface area contributed by atoms with Crippen LogP contribution >= 0.6 is 0 Å². The highest BCUT2D eigenvalue weighted by Crippen LogP contribution is 2.26. The van der Waals surface area contributed by atoms with Crippen molar-refractivity contribution >= 4 is 5.96 Å². The highest BCUT2D eigenvalue weighted by Gasteiger charge is 2.20. The maximum absolute atomic E-state index is 12.7. The second kappa shape index (κ2) is 12.5. The number of nitrogens with zero attached hydrogens (tertiary/aromatic N) is 3. The smallest absolute Gasteiger partial charge is 0.387 e. The van der Waals surface area contributed by atoms with Gasteiger partial charge in [0.1, 0.15) is 11.5 Å². The van der Waals surface area contributed by atoms with Crippen molar-refractivity contribution in [3.05, 3.63) is 23.8 Å². The van der Waals surface area contributed by atoms with Gasteiger partial charge in [0.2, 0.25) is 0 Å². The number of halogens is 2. The minimum absolute atomic E-state index is 0.104. The Morgan fingerprint density at radius 2 is 1.90 bits per heavy atom. The van der Waals surface area contributed by atoms with E-state index in [1.54, 1.807) is 12.1 Å². The number of alkyl halides is 2. The molecule has 9 heteroatoms. The van der Waals surface area contributed by atoms with E-state index in [-0.39, 0.29) is 12.3 Å². The van der Waals surface area contributed by atoms with Crippen molar-refractivity contribution in [2.45, 2.75) is 40.0 Å². The fraction of sp³-hybridized carbons (Fsp3) is 0.667. The summed E-state index contributed by atoms with van der Waals surface area (Å²) >= 11 is 0. The lowest BCUT2D eigenvalue weighted by Crippen LogP contribution is -2.53. The molecule has 0 aromatic heterocycles. The molecule has 170 valence electrons. The molecule has 1 fully saturated rings. The Labute approximate surface area is 178 Å². The molecule has 1 aliphatic rings. The molecule has 1 aromatic carbocycles. The van der Waals surface area contributed by atoms with Crippen molar-refractivity contribution in [2.24, 2.45) is 4.99 Å². The number of nitrogens with one attached hydrogen (secondary N) is 2. The number of hydrogen-bond donors (Lipinski definition) is 2. The van der Waals surface area contributed by atoms with Gasteiger partial charge < -0.3 is 25.0 Å². The summed E-state index contributed by atoms with van der Waals surface area (Å²) in [5.41, 5.74) is 0.538. The quantitative estimate of drug-likeness (QED) is 0.442. The first-order valence-corrected chi connectivity index (χ1v) is 10.6. The van der Waals surface area contributed by atoms with E-state index >= 15 is 0 Å². The number of guanidine groups is 1. The average molecular weight is 428 g/mol. The summed E-state index contributed by atoms with van der Waals surface area (Å²) in [4.78, 5) is 9.48. The molecule has 30 heavy (non-hydrogen) atoms. The van der Waals surface area contributed by atoms with E-state index in [0.717, 1.165) is 39.3 Å². The van der Waals surface area contributed by atoms with Gasteiger partial charge in [-0.2, -0.15) is 8.78 Å². The molecule has 0 saturated carbocycles. The molecule has 0 amide bonds. The summed E-state index contributed by atoms with van der Waals surface area (Å²) in [5, 5.41) is 6.57. The van der Waals surface area contributed by atoms with E-state index in [4.69, 9.17) is 4.74 Å². The third-order valence-electron chi connectivity index (χ3n) is 5.28. The maximum Gasteiger partial charge on any atom is 0.387 e. The van der Waals surface area contributed by atoms with Crippen molar-refractivity contribution in [2.75, 3.05) is 52.9 Å². The van der Waals surface area contributed by atoms with Crippen LogP contribution in [0.1, 0.15) is 26.3 Å². The summed E-state index contributed by atoms with van der Waals surface area (Å²) in [7, 11) is 1.53. The molecule has 2 rings (SSSR count). The van der Waals surface area contributed by atoms with E-state index in [1.165, 1.54) is 13.2 Å². The van der Waals surface area contributed by atoms with Crippen molar-refractivity contribution < 1.29 is 18.3 Å². The molecule has 1 aromatic rings. The number of methoxy groups -OCH3 is 1. The minimum Gasteiger partial charge on any atom is -0.497 e. The van der Waals surface area contributed by atoms with E-state index in [0.29, 0.717) is 29.9 Å². The molecule has 1 saturated heterocycles. The first-order valence-electron chi connectivity index (χ1n) is 10.6. The average Bonchev–Trinajstić information content (AvgIpc) is 2.75. The van der Waals surface area contributed by atoms with Crippen LogP contribution in [0.4, 0.5) is 8.78 Å². The summed E-state index contributed by atoms with van der Waals surface area (Å²) in [5.74, 6) is 1.31. The molecule has 1 aliphatic heterocycles. The maximum atomic E-state index is 12.7. The van der Waals surface area contributed by atoms with Gasteiger partial charge in [-0.3, -0.25) is 4.90 Å². The first kappa shape index (κ1) is 24.1. The van der Waals surface area contributed by atoms with Gasteiger partial charge in [-0.15, -0.1) is 0 Å². The Hall–Kier alpha value is -2.13. The third kappa shape index (κ3) is 7.60. The Morgan fingerprint density at radius 1 is 1.17 bits per heavy atom. The highest BCUT2D eigenvalue weighted by atomic mass is 19.3. The van der Waals surface area contributed by atoms with E-state index < -0.39 is 6.61 Å². The molecule has 0 aliphatic carbocycles. The van der Waals surface area contributed by atoms with Gasteiger partial charge in [0.25, 0.3) is 0 Å². The molecule has 0 radical (unpaired) electrons. The zero-order valence-electron chi connectivity index (χ0n) is 18.5. The second-order valence-electron chi connectivity index (χ2n) is 7.25. The van der Waals surface area contributed by atoms with Crippen LogP contribution in [0, 0.1) is 0 Å². The van der Waals surface area contributed by atoms with Gasteiger partial charge in [0, 0.05) is 50.9 Å². The number of ether oxygens (including phenoxy) is 2. The van der Waals surface area contributed by atoms with Gasteiger partial charge >= 0.3 is 6.61 Å². The molecule has 1 atom stereocenters. The number of benzene rings is 1. The van der Waals surface area contributed by atoms with Crippen molar-refractivity contribution in [3.63, 3.8) is 0 Å². The van der Waals surface area contributed by atoms with Crippen LogP contribution in [0.2, 0.25) is 0 Å². The van der Waals surface area contributed by atoms with Crippen molar-refractivity contribution in [1.29, 1.82) is 0 Å². The number of likely N-dealkylation sites (N-methyl/N-ethyl adjacent to an activating group) is 1. The SMILES string of the molecule is CCNC(=NCc1cc(OC)ccc1OC(F)F)NCC(C)N1CCN(CC)CC1. The normalized spacial score (nSPS) is 17.1. The predicted octanol–water partition coefficient (Wildman–Crippen LogP) is 2.38. The molecule has 7 nitrogen and oxygen atoms in total. The fourth-order valence-electron chi connectivity index (χ4n) is 3.42. The van der Waals surface area contributed by atoms with E-state index in [2.05, 4.69) is 44.0 Å². The fourth-order valence-corrected chi connectivity index (χ4v) is 3.42. The lowest BCUT2D eigenvalue weighted by atomic mass is 10.2. The van der Waals surface area contributed by atoms with Crippen LogP contribution < -0.4 is 20.1 Å². The molecule has 1 heterocycles. The number of piperazine rings is 1. The summed E-state index contributed by atoms with van der Waals surface area (Å²) < 4.78 is 35.3. The van der Waals surface area contributed by atoms with Crippen LogP contribution in [0.5, 0.6) is 11.5 Å². The Morgan fingerprint density at radius 3 is 2.50 bits per heavy atom. The predicted molar refractivity (Wildman–Crippen MR) is 116 cm³/mol. The molecular formula is C21H35F2N5O2. The van der Waals surface area contributed by atoms with Crippen molar-refractivity contribution in [1.82, 2.24) is 20.4 Å². The monoisotopic (exact) mass is 427 g/mol. The van der Waals surface area contributed by atoms with Crippen LogP contribution in [-0.2, 0) is 6.54 Å². The lowest BCUT2D eigenvalue weighted by Gasteiger charge is -2.37. The Balaban J connectivity index is 1.98. The molecule has 0 bridgehead atoms. The van der Waals surface area contributed by atoms with Crippen LogP contribution in [0.25, 0.3) is 0 Å². The summed E-state index contributed by atoms with van der Waals surface area (Å²) in [6.45, 7) is 10.5. The number of hydrogen-bond acceptors (Lipinski definition) is 5. The van der Waals surface area contributed by atoms with E-state index in [9.17, 15) is 8.78 Å². The zero-order valence-corrected chi connectivity index (χ0v) is 18.5. The molecular weight excluding hydrogens is 392 g/mol. The largest absolute Gasteiger partial charge is 0.497 e. The van der Waals surface area contributed by atoms with Gasteiger partial charge in [-0.05, 0) is 38.6 Å². The Bertz CT molecular complexity index is 667. The van der Waals surface area contributed by atoms with E-state index in [1.807, 2.05) is 6.92 Å². The van der Waals surface area contributed by atoms with Gasteiger partial charge in [0.15, 0.2) is 5.96 Å². The summed E-state index contributed by atoms with van der Waals surface area (Å²) in [6, 6.07) is 5.10. The number of rotatable bonds is 10. The van der Waals surface area contributed by atoms with Crippen LogP contribution in [0.3, 0.4) is 0 Å². The van der Waals surface area contributed by atoms with Gasteiger partial charge in [-0.1, -0.05) is 6.92 Å². The summed E-state index contributed by atoms with van der Waals surface area (Å²) in [6.07, 6.45) is 0. The van der Waals surface area contributed by atoms with Gasteiger partial charge in [0.05, 0.1) is 13.7 Å². The molecule has 0 spiro atoms. The molecule has 2 N–H and O–H groups in total. The molecule has 1 unspecified atom stereocenters. The van der Waals surface area contributed by atoms with Crippen molar-refractivity contribution in [3.8, 4) is 11.5 Å².